The molecule has 0 saturated carbocycles. The van der Waals surface area contributed by atoms with Gasteiger partial charge in [-0.05, 0) is 30.7 Å². The zero-order valence-electron chi connectivity index (χ0n) is 7.54. The molecule has 1 aromatic rings. The van der Waals surface area contributed by atoms with Crippen molar-refractivity contribution in [2.75, 3.05) is 6.54 Å². The van der Waals surface area contributed by atoms with Crippen LogP contribution in [0.4, 0.5) is 0 Å². The van der Waals surface area contributed by atoms with E-state index in [1.165, 1.54) is 0 Å². The minimum absolute atomic E-state index is 0. The van der Waals surface area contributed by atoms with Crippen LogP contribution in [0.25, 0.3) is 0 Å². The van der Waals surface area contributed by atoms with Gasteiger partial charge in [0, 0.05) is 15.5 Å². The predicted molar refractivity (Wildman–Crippen MR) is 67.0 cm³/mol. The zero-order chi connectivity index (χ0) is 9.84. The standard InChI is InChI=1S/C9H12BrClN2.ClH/c10-6-1-2-7(8(11)5-6)9(13)3-4-12;/h1-2,5,9H,3-4,12-13H2;1H/t9-;/m1./s1. The molecule has 2 nitrogen and oxygen atoms in total. The third-order valence-electron chi connectivity index (χ3n) is 1.84. The normalized spacial score (nSPS) is 12.0. The van der Waals surface area contributed by atoms with Gasteiger partial charge in [0.1, 0.15) is 0 Å². The lowest BCUT2D eigenvalue weighted by Gasteiger charge is -2.12. The van der Waals surface area contributed by atoms with Gasteiger partial charge >= 0.3 is 0 Å². The van der Waals surface area contributed by atoms with Gasteiger partial charge in [0.2, 0.25) is 0 Å². The lowest BCUT2D eigenvalue weighted by Crippen LogP contribution is -2.15. The Bertz CT molecular complexity index is 294. The van der Waals surface area contributed by atoms with Crippen molar-refractivity contribution in [1.82, 2.24) is 0 Å². The Hall–Kier alpha value is 0.200. The second kappa shape index (κ2) is 6.64. The van der Waals surface area contributed by atoms with Gasteiger partial charge in [-0.1, -0.05) is 33.6 Å². The Balaban J connectivity index is 0.00000169. The molecule has 0 aromatic heterocycles. The average molecular weight is 300 g/mol. The van der Waals surface area contributed by atoms with E-state index in [1.54, 1.807) is 0 Å². The Morgan fingerprint density at radius 2 is 2.07 bits per heavy atom. The molecule has 80 valence electrons. The summed E-state index contributed by atoms with van der Waals surface area (Å²) in [6.45, 7) is 0.577. The van der Waals surface area contributed by atoms with Crippen molar-refractivity contribution < 1.29 is 0 Å². The van der Waals surface area contributed by atoms with Crippen LogP contribution in [-0.2, 0) is 0 Å². The highest BCUT2D eigenvalue weighted by molar-refractivity contribution is 9.10. The van der Waals surface area contributed by atoms with Crippen LogP contribution in [-0.4, -0.2) is 6.54 Å². The largest absolute Gasteiger partial charge is 0.330 e. The van der Waals surface area contributed by atoms with Crippen molar-refractivity contribution in [3.8, 4) is 0 Å². The quantitative estimate of drug-likeness (QED) is 0.902. The molecule has 0 heterocycles. The summed E-state index contributed by atoms with van der Waals surface area (Å²) >= 11 is 9.34. The number of benzene rings is 1. The van der Waals surface area contributed by atoms with Crippen molar-refractivity contribution in [2.24, 2.45) is 11.5 Å². The summed E-state index contributed by atoms with van der Waals surface area (Å²) in [5, 5.41) is 0.690. The van der Waals surface area contributed by atoms with Crippen molar-refractivity contribution in [2.45, 2.75) is 12.5 Å². The van der Waals surface area contributed by atoms with Crippen LogP contribution in [0.2, 0.25) is 5.02 Å². The lowest BCUT2D eigenvalue weighted by molar-refractivity contribution is 0.661. The smallest absolute Gasteiger partial charge is 0.0464 e. The fraction of sp³-hybridized carbons (Fsp3) is 0.333. The van der Waals surface area contributed by atoms with Crippen LogP contribution in [0.5, 0.6) is 0 Å². The SMILES string of the molecule is Cl.NCC[C@@H](N)c1ccc(Br)cc1Cl. The molecule has 0 aliphatic carbocycles. The molecule has 0 radical (unpaired) electrons. The summed E-state index contributed by atoms with van der Waals surface area (Å²) in [5.41, 5.74) is 12.2. The van der Waals surface area contributed by atoms with Crippen LogP contribution >= 0.6 is 39.9 Å². The van der Waals surface area contributed by atoms with Crippen LogP contribution in [0, 0.1) is 0 Å². The number of halogens is 3. The second-order valence-electron chi connectivity index (χ2n) is 2.85. The number of hydrogen-bond donors (Lipinski definition) is 2. The lowest BCUT2D eigenvalue weighted by atomic mass is 10.1. The van der Waals surface area contributed by atoms with E-state index in [4.69, 9.17) is 23.1 Å². The van der Waals surface area contributed by atoms with Crippen molar-refractivity contribution >= 4 is 39.9 Å². The van der Waals surface area contributed by atoms with Gasteiger partial charge < -0.3 is 11.5 Å². The molecule has 0 aliphatic rings. The average Bonchev–Trinajstić information content (AvgIpc) is 2.04. The molecule has 1 atom stereocenters. The predicted octanol–water partition coefficient (Wildman–Crippen LogP) is 2.87. The molecule has 0 bridgehead atoms. The van der Waals surface area contributed by atoms with Gasteiger partial charge in [0.05, 0.1) is 0 Å². The molecule has 0 saturated heterocycles. The summed E-state index contributed by atoms with van der Waals surface area (Å²) in [5.74, 6) is 0. The van der Waals surface area contributed by atoms with Crippen LogP contribution < -0.4 is 11.5 Å². The first-order valence-electron chi connectivity index (χ1n) is 4.05. The van der Waals surface area contributed by atoms with Crippen LogP contribution in [0.1, 0.15) is 18.0 Å². The van der Waals surface area contributed by atoms with E-state index in [0.29, 0.717) is 11.6 Å². The molecule has 0 fully saturated rings. The Labute approximate surface area is 104 Å². The molecule has 1 aromatic carbocycles. The Kier molecular flexibility index (Phi) is 6.74. The maximum atomic E-state index is 6.01. The fourth-order valence-electron chi connectivity index (χ4n) is 1.14. The van der Waals surface area contributed by atoms with Gasteiger partial charge in [-0.2, -0.15) is 0 Å². The minimum atomic E-state index is -0.0643. The Morgan fingerprint density at radius 1 is 1.43 bits per heavy atom. The molecule has 1 rings (SSSR count). The highest BCUT2D eigenvalue weighted by Gasteiger charge is 2.08. The molecule has 0 amide bonds. The molecule has 0 spiro atoms. The third-order valence-corrected chi connectivity index (χ3v) is 2.66. The van der Waals surface area contributed by atoms with E-state index in [0.717, 1.165) is 16.5 Å². The first kappa shape index (κ1) is 14.2. The maximum Gasteiger partial charge on any atom is 0.0464 e. The topological polar surface area (TPSA) is 52.0 Å². The van der Waals surface area contributed by atoms with E-state index in [2.05, 4.69) is 15.9 Å². The summed E-state index contributed by atoms with van der Waals surface area (Å²) in [4.78, 5) is 0. The monoisotopic (exact) mass is 298 g/mol. The van der Waals surface area contributed by atoms with E-state index in [9.17, 15) is 0 Å². The van der Waals surface area contributed by atoms with Gasteiger partial charge in [-0.15, -0.1) is 12.4 Å². The first-order valence-corrected chi connectivity index (χ1v) is 5.23. The van der Waals surface area contributed by atoms with Crippen molar-refractivity contribution in [3.05, 3.63) is 33.3 Å². The number of rotatable bonds is 3. The van der Waals surface area contributed by atoms with Crippen molar-refractivity contribution in [3.63, 3.8) is 0 Å². The van der Waals surface area contributed by atoms with Gasteiger partial charge in [-0.3, -0.25) is 0 Å². The molecule has 5 heteroatoms. The maximum absolute atomic E-state index is 6.01. The second-order valence-corrected chi connectivity index (χ2v) is 4.17. The summed E-state index contributed by atoms with van der Waals surface area (Å²) < 4.78 is 0.959. The summed E-state index contributed by atoms with van der Waals surface area (Å²) in [6, 6.07) is 5.63. The molecule has 0 unspecified atom stereocenters. The van der Waals surface area contributed by atoms with E-state index in [-0.39, 0.29) is 18.4 Å². The minimum Gasteiger partial charge on any atom is -0.330 e. The van der Waals surface area contributed by atoms with Crippen LogP contribution in [0.15, 0.2) is 22.7 Å². The highest BCUT2D eigenvalue weighted by Crippen LogP contribution is 2.26. The highest BCUT2D eigenvalue weighted by atomic mass is 79.9. The zero-order valence-corrected chi connectivity index (χ0v) is 10.7. The van der Waals surface area contributed by atoms with E-state index >= 15 is 0 Å². The number of hydrogen-bond acceptors (Lipinski definition) is 2. The van der Waals surface area contributed by atoms with Crippen molar-refractivity contribution in [1.29, 1.82) is 0 Å². The first-order chi connectivity index (χ1) is 6.15. The molecule has 0 aliphatic heterocycles. The fourth-order valence-corrected chi connectivity index (χ4v) is 1.95. The molecular formula is C9H13BrCl2N2. The van der Waals surface area contributed by atoms with Crippen LogP contribution in [0.3, 0.4) is 0 Å². The summed E-state index contributed by atoms with van der Waals surface area (Å²) in [7, 11) is 0. The van der Waals surface area contributed by atoms with Gasteiger partial charge in [-0.25, -0.2) is 0 Å². The number of nitrogens with two attached hydrogens (primary N) is 2. The van der Waals surface area contributed by atoms with Gasteiger partial charge in [0.15, 0.2) is 0 Å². The van der Waals surface area contributed by atoms with E-state index in [1.807, 2.05) is 18.2 Å². The summed E-state index contributed by atoms with van der Waals surface area (Å²) in [6.07, 6.45) is 0.751. The van der Waals surface area contributed by atoms with E-state index < -0.39 is 0 Å². The molecule has 4 N–H and O–H groups in total. The third kappa shape index (κ3) is 3.75. The van der Waals surface area contributed by atoms with Gasteiger partial charge in [0.25, 0.3) is 0 Å². The molecule has 14 heavy (non-hydrogen) atoms. The Morgan fingerprint density at radius 3 is 2.57 bits per heavy atom. The molecular weight excluding hydrogens is 287 g/mol.